The fourth-order valence-electron chi connectivity index (χ4n) is 4.45. The number of sulfone groups is 1. The molecule has 0 bridgehead atoms. The Morgan fingerprint density at radius 2 is 1.65 bits per heavy atom. The summed E-state index contributed by atoms with van der Waals surface area (Å²) in [4.78, 5) is 0.424. The van der Waals surface area contributed by atoms with Gasteiger partial charge in [0, 0.05) is 17.7 Å². The second-order valence-corrected chi connectivity index (χ2v) is 12.7. The summed E-state index contributed by atoms with van der Waals surface area (Å²) in [5.74, 6) is 0.156. The molecule has 0 saturated carbocycles. The molecule has 1 aliphatic heterocycles. The highest BCUT2D eigenvalue weighted by atomic mass is 32.3. The van der Waals surface area contributed by atoms with E-state index in [0.29, 0.717) is 17.9 Å². The van der Waals surface area contributed by atoms with Crippen LogP contribution in [0.3, 0.4) is 0 Å². The summed E-state index contributed by atoms with van der Waals surface area (Å²) in [6.07, 6.45) is 3.10. The second kappa shape index (κ2) is 10.5. The van der Waals surface area contributed by atoms with Gasteiger partial charge in [0.15, 0.2) is 9.84 Å². The predicted octanol–water partition coefficient (Wildman–Crippen LogP) is 5.45. The fraction of sp³-hybridized carbons (Fsp3) is 0.308. The van der Waals surface area contributed by atoms with Crippen LogP contribution in [-0.2, 0) is 22.8 Å². The number of rotatable bonds is 10. The van der Waals surface area contributed by atoms with Crippen LogP contribution >= 0.6 is 10.6 Å². The van der Waals surface area contributed by atoms with E-state index in [1.54, 1.807) is 30.3 Å². The van der Waals surface area contributed by atoms with Crippen LogP contribution in [0, 0.1) is 0 Å². The van der Waals surface area contributed by atoms with Gasteiger partial charge in [0.1, 0.15) is 11.0 Å². The average molecular weight is 502 g/mol. The van der Waals surface area contributed by atoms with Gasteiger partial charge < -0.3 is 10.1 Å². The summed E-state index contributed by atoms with van der Waals surface area (Å²) in [5.41, 5.74) is 2.50. The predicted molar refractivity (Wildman–Crippen MR) is 136 cm³/mol. The molecule has 0 amide bonds. The zero-order chi connectivity index (χ0) is 24.2. The molecule has 3 aromatic carbocycles. The number of aryl methyl sites for hydroxylation is 1. The minimum atomic E-state index is -3.83. The van der Waals surface area contributed by atoms with Gasteiger partial charge in [-0.15, -0.1) is 0 Å². The van der Waals surface area contributed by atoms with E-state index in [9.17, 15) is 17.5 Å². The molecule has 3 aromatic rings. The minimum absolute atomic E-state index is 0.159. The van der Waals surface area contributed by atoms with Crippen molar-refractivity contribution in [1.29, 1.82) is 0 Å². The average Bonchev–Trinajstić information content (AvgIpc) is 3.13. The SMILES string of the molecule is COc1c(CNCCCCc2ccccc2)ccc2c1C(S(=O)(=O)c1ccccc1)CS2(O)O. The van der Waals surface area contributed by atoms with E-state index < -0.39 is 25.7 Å². The standard InChI is InChI=1S/C26H31NO5S2/c1-32-26-21(18-27-17-9-8-12-20-10-4-2-5-11-20)15-16-23-25(26)24(19-33(23,28)29)34(30,31)22-13-6-3-7-14-22/h2-7,10-11,13-16,24,27-29H,8-9,12,17-19H2,1H3. The third kappa shape index (κ3) is 5.16. The number of benzene rings is 3. The van der Waals surface area contributed by atoms with Crippen LogP contribution in [0.25, 0.3) is 0 Å². The Kier molecular flexibility index (Phi) is 7.64. The van der Waals surface area contributed by atoms with Crippen molar-refractivity contribution in [3.8, 4) is 5.75 Å². The van der Waals surface area contributed by atoms with Crippen molar-refractivity contribution in [2.75, 3.05) is 19.4 Å². The van der Waals surface area contributed by atoms with Gasteiger partial charge in [0.2, 0.25) is 0 Å². The maximum absolute atomic E-state index is 13.4. The highest BCUT2D eigenvalue weighted by Crippen LogP contribution is 2.63. The molecule has 4 rings (SSSR count). The monoisotopic (exact) mass is 501 g/mol. The lowest BCUT2D eigenvalue weighted by Gasteiger charge is -2.27. The number of methoxy groups -OCH3 is 1. The number of unbranched alkanes of at least 4 members (excludes halogenated alkanes) is 1. The highest BCUT2D eigenvalue weighted by molar-refractivity contribution is 8.25. The molecule has 3 N–H and O–H groups in total. The molecule has 0 saturated heterocycles. The molecular weight excluding hydrogens is 470 g/mol. The van der Waals surface area contributed by atoms with Gasteiger partial charge in [-0.1, -0.05) is 54.6 Å². The van der Waals surface area contributed by atoms with Crippen LogP contribution in [0.15, 0.2) is 82.6 Å². The van der Waals surface area contributed by atoms with E-state index in [2.05, 4.69) is 17.4 Å². The van der Waals surface area contributed by atoms with Crippen LogP contribution in [0.1, 0.15) is 34.8 Å². The quantitative estimate of drug-likeness (QED) is 0.320. The molecule has 0 spiro atoms. The smallest absolute Gasteiger partial charge is 0.187 e. The lowest BCUT2D eigenvalue weighted by Crippen LogP contribution is -2.18. The van der Waals surface area contributed by atoms with E-state index in [0.717, 1.165) is 31.4 Å². The van der Waals surface area contributed by atoms with Crippen molar-refractivity contribution in [2.24, 2.45) is 0 Å². The molecule has 8 heteroatoms. The highest BCUT2D eigenvalue weighted by Gasteiger charge is 2.45. The second-order valence-electron chi connectivity index (χ2n) is 8.47. The number of fused-ring (bicyclic) bond motifs is 1. The molecule has 1 aliphatic rings. The van der Waals surface area contributed by atoms with E-state index >= 15 is 0 Å². The first-order valence-electron chi connectivity index (χ1n) is 11.3. The van der Waals surface area contributed by atoms with Crippen molar-refractivity contribution < 1.29 is 22.3 Å². The molecule has 0 aromatic heterocycles. The Bertz CT molecular complexity index is 1210. The molecule has 0 fully saturated rings. The van der Waals surface area contributed by atoms with Crippen molar-refractivity contribution in [2.45, 2.75) is 40.8 Å². The first-order valence-corrected chi connectivity index (χ1v) is 14.6. The zero-order valence-corrected chi connectivity index (χ0v) is 20.8. The van der Waals surface area contributed by atoms with Crippen LogP contribution in [0.4, 0.5) is 0 Å². The van der Waals surface area contributed by atoms with E-state index in [1.165, 1.54) is 24.8 Å². The lowest BCUT2D eigenvalue weighted by molar-refractivity contribution is 0.400. The van der Waals surface area contributed by atoms with Crippen LogP contribution < -0.4 is 10.1 Å². The fourth-order valence-corrected chi connectivity index (χ4v) is 8.86. The van der Waals surface area contributed by atoms with Crippen molar-refractivity contribution >= 4 is 20.4 Å². The molecule has 1 atom stereocenters. The van der Waals surface area contributed by atoms with Gasteiger partial charge in [0.05, 0.1) is 22.7 Å². The first-order chi connectivity index (χ1) is 16.3. The Morgan fingerprint density at radius 1 is 0.971 bits per heavy atom. The molecule has 1 heterocycles. The Balaban J connectivity index is 1.50. The summed E-state index contributed by atoms with van der Waals surface area (Å²) in [6, 6.07) is 22.0. The maximum Gasteiger partial charge on any atom is 0.187 e. The van der Waals surface area contributed by atoms with Crippen molar-refractivity contribution in [1.82, 2.24) is 5.32 Å². The first kappa shape index (κ1) is 24.8. The van der Waals surface area contributed by atoms with Gasteiger partial charge in [-0.2, -0.15) is 10.6 Å². The summed E-state index contributed by atoms with van der Waals surface area (Å²) in [6.45, 7) is 1.31. The van der Waals surface area contributed by atoms with E-state index in [-0.39, 0.29) is 15.5 Å². The Hall–Kier alpha value is -2.36. The minimum Gasteiger partial charge on any atom is -0.496 e. The van der Waals surface area contributed by atoms with Gasteiger partial charge >= 0.3 is 0 Å². The van der Waals surface area contributed by atoms with Crippen LogP contribution in [-0.4, -0.2) is 36.9 Å². The Labute approximate surface area is 203 Å². The normalized spacial score (nSPS) is 17.8. The summed E-state index contributed by atoms with van der Waals surface area (Å²) >= 11 is 0. The molecule has 6 nitrogen and oxygen atoms in total. The molecule has 1 unspecified atom stereocenters. The molecule has 0 aliphatic carbocycles. The number of hydrogen-bond donors (Lipinski definition) is 3. The Morgan fingerprint density at radius 3 is 2.32 bits per heavy atom. The third-order valence-corrected chi connectivity index (χ3v) is 10.3. The number of nitrogens with one attached hydrogen (secondary N) is 1. The molecule has 0 radical (unpaired) electrons. The van der Waals surface area contributed by atoms with E-state index in [1.807, 2.05) is 18.2 Å². The summed E-state index contributed by atoms with van der Waals surface area (Å²) < 4.78 is 53.9. The largest absolute Gasteiger partial charge is 0.496 e. The van der Waals surface area contributed by atoms with Gasteiger partial charge in [0.25, 0.3) is 0 Å². The molecule has 182 valence electrons. The molecular formula is C26H31NO5S2. The summed E-state index contributed by atoms with van der Waals surface area (Å²) in [5, 5.41) is 2.34. The zero-order valence-electron chi connectivity index (χ0n) is 19.2. The molecule has 34 heavy (non-hydrogen) atoms. The maximum atomic E-state index is 13.4. The van der Waals surface area contributed by atoms with Crippen LogP contribution in [0.2, 0.25) is 0 Å². The number of ether oxygens (including phenoxy) is 1. The third-order valence-electron chi connectivity index (χ3n) is 6.17. The number of hydrogen-bond acceptors (Lipinski definition) is 6. The van der Waals surface area contributed by atoms with Crippen molar-refractivity contribution in [3.05, 3.63) is 89.5 Å². The van der Waals surface area contributed by atoms with Crippen molar-refractivity contribution in [3.63, 3.8) is 0 Å². The van der Waals surface area contributed by atoms with Gasteiger partial charge in [-0.05, 0) is 49.6 Å². The van der Waals surface area contributed by atoms with Crippen LogP contribution in [0.5, 0.6) is 5.75 Å². The van der Waals surface area contributed by atoms with Gasteiger partial charge in [-0.3, -0.25) is 9.11 Å². The lowest BCUT2D eigenvalue weighted by atomic mass is 10.1. The van der Waals surface area contributed by atoms with Gasteiger partial charge in [-0.25, -0.2) is 8.42 Å². The topological polar surface area (TPSA) is 95.9 Å². The van der Waals surface area contributed by atoms with E-state index in [4.69, 9.17) is 4.74 Å². The summed E-state index contributed by atoms with van der Waals surface area (Å²) in [7, 11) is -5.57.